The third-order valence-electron chi connectivity index (χ3n) is 5.14. The molecule has 31 heavy (non-hydrogen) atoms. The third kappa shape index (κ3) is 3.89. The zero-order chi connectivity index (χ0) is 21.2. The van der Waals surface area contributed by atoms with E-state index >= 15 is 0 Å². The molecule has 1 aliphatic carbocycles. The smallest absolute Gasteiger partial charge is 0.349 e. The summed E-state index contributed by atoms with van der Waals surface area (Å²) in [4.78, 5) is 26.8. The van der Waals surface area contributed by atoms with Crippen LogP contribution in [0.2, 0.25) is 0 Å². The quantitative estimate of drug-likeness (QED) is 0.497. The standard InChI is InChI=1S/C22H21N7O2/c30-21(19-15-24-29(25-19)18-9-5-2-6-10-18)23-13-14-27-22(31)28(17-7-3-1-4-8-17)20(26-27)16-11-12-16/h1-10,15-16H,11-14H2,(H,23,30). The number of nitrogens with zero attached hydrogens (tertiary/aromatic N) is 6. The number of carbonyl (C=O) groups is 1. The van der Waals surface area contributed by atoms with Crippen LogP contribution in [0.1, 0.15) is 35.1 Å². The first-order valence-electron chi connectivity index (χ1n) is 10.2. The minimum atomic E-state index is -0.347. The first-order chi connectivity index (χ1) is 15.2. The molecule has 2 aromatic carbocycles. The lowest BCUT2D eigenvalue weighted by atomic mass is 10.3. The van der Waals surface area contributed by atoms with E-state index in [-0.39, 0.29) is 30.4 Å². The van der Waals surface area contributed by atoms with Crippen molar-refractivity contribution in [2.75, 3.05) is 6.54 Å². The molecule has 1 fully saturated rings. The molecule has 1 aliphatic rings. The molecule has 0 saturated heterocycles. The number of hydrogen-bond acceptors (Lipinski definition) is 5. The van der Waals surface area contributed by atoms with Crippen LogP contribution in [-0.4, -0.2) is 41.8 Å². The highest BCUT2D eigenvalue weighted by molar-refractivity contribution is 5.91. The van der Waals surface area contributed by atoms with E-state index in [1.165, 1.54) is 15.7 Å². The van der Waals surface area contributed by atoms with Crippen molar-refractivity contribution >= 4 is 5.91 Å². The summed E-state index contributed by atoms with van der Waals surface area (Å²) in [6.07, 6.45) is 3.50. The molecule has 9 nitrogen and oxygen atoms in total. The van der Waals surface area contributed by atoms with Crippen LogP contribution in [0.25, 0.3) is 11.4 Å². The highest BCUT2D eigenvalue weighted by Crippen LogP contribution is 2.39. The zero-order valence-corrected chi connectivity index (χ0v) is 16.8. The maximum absolute atomic E-state index is 13.0. The molecule has 4 aromatic rings. The Bertz CT molecular complexity index is 1250. The summed E-state index contributed by atoms with van der Waals surface area (Å²) in [5.74, 6) is 0.755. The average Bonchev–Trinajstić information content (AvgIpc) is 3.44. The SMILES string of the molecule is O=C(NCCn1nc(C2CC2)n(-c2ccccc2)c1=O)c1cnn(-c2ccccc2)n1. The third-order valence-corrected chi connectivity index (χ3v) is 5.14. The molecule has 0 radical (unpaired) electrons. The van der Waals surface area contributed by atoms with E-state index in [0.29, 0.717) is 5.92 Å². The predicted octanol–water partition coefficient (Wildman–Crippen LogP) is 1.92. The van der Waals surface area contributed by atoms with Gasteiger partial charge in [-0.25, -0.2) is 14.0 Å². The Morgan fingerprint density at radius 1 is 0.968 bits per heavy atom. The van der Waals surface area contributed by atoms with Crippen LogP contribution in [0.3, 0.4) is 0 Å². The number of para-hydroxylation sites is 2. The number of benzene rings is 2. The summed E-state index contributed by atoms with van der Waals surface area (Å²) >= 11 is 0. The summed E-state index contributed by atoms with van der Waals surface area (Å²) in [7, 11) is 0. The van der Waals surface area contributed by atoms with Crippen LogP contribution in [0.4, 0.5) is 0 Å². The fraction of sp³-hybridized carbons (Fsp3) is 0.227. The minimum Gasteiger partial charge on any atom is -0.349 e. The van der Waals surface area contributed by atoms with Gasteiger partial charge in [-0.15, -0.1) is 5.10 Å². The van der Waals surface area contributed by atoms with Crippen LogP contribution < -0.4 is 11.0 Å². The number of aromatic nitrogens is 6. The van der Waals surface area contributed by atoms with Crippen molar-refractivity contribution in [2.24, 2.45) is 0 Å². The Kier molecular flexibility index (Phi) is 4.91. The molecule has 156 valence electrons. The normalized spacial score (nSPS) is 13.3. The van der Waals surface area contributed by atoms with Gasteiger partial charge in [0.1, 0.15) is 5.82 Å². The van der Waals surface area contributed by atoms with E-state index in [0.717, 1.165) is 30.0 Å². The van der Waals surface area contributed by atoms with E-state index in [1.54, 1.807) is 4.57 Å². The fourth-order valence-corrected chi connectivity index (χ4v) is 3.41. The molecule has 2 heterocycles. The molecule has 1 amide bonds. The molecule has 0 aliphatic heterocycles. The Morgan fingerprint density at radius 3 is 2.32 bits per heavy atom. The van der Waals surface area contributed by atoms with Crippen LogP contribution in [0.5, 0.6) is 0 Å². The molecule has 9 heteroatoms. The first-order valence-corrected chi connectivity index (χ1v) is 10.2. The van der Waals surface area contributed by atoms with Gasteiger partial charge >= 0.3 is 5.69 Å². The van der Waals surface area contributed by atoms with Gasteiger partial charge in [0, 0.05) is 12.5 Å². The van der Waals surface area contributed by atoms with E-state index in [1.807, 2.05) is 60.7 Å². The van der Waals surface area contributed by atoms with Crippen LogP contribution in [0.15, 0.2) is 71.7 Å². The largest absolute Gasteiger partial charge is 0.350 e. The average molecular weight is 415 g/mol. The van der Waals surface area contributed by atoms with Gasteiger partial charge in [-0.1, -0.05) is 36.4 Å². The number of carbonyl (C=O) groups excluding carboxylic acids is 1. The number of amides is 1. The second-order valence-electron chi connectivity index (χ2n) is 7.42. The van der Waals surface area contributed by atoms with Crippen LogP contribution in [-0.2, 0) is 6.54 Å². The number of nitrogens with one attached hydrogen (secondary N) is 1. The van der Waals surface area contributed by atoms with Crippen molar-refractivity contribution in [2.45, 2.75) is 25.3 Å². The highest BCUT2D eigenvalue weighted by Gasteiger charge is 2.31. The predicted molar refractivity (Wildman–Crippen MR) is 113 cm³/mol. The van der Waals surface area contributed by atoms with Gasteiger partial charge < -0.3 is 5.32 Å². The fourth-order valence-electron chi connectivity index (χ4n) is 3.41. The summed E-state index contributed by atoms with van der Waals surface area (Å²) in [5, 5.41) is 15.7. The van der Waals surface area contributed by atoms with E-state index in [2.05, 4.69) is 20.6 Å². The van der Waals surface area contributed by atoms with Crippen LogP contribution in [0, 0.1) is 0 Å². The van der Waals surface area contributed by atoms with Crippen molar-refractivity contribution < 1.29 is 4.79 Å². The van der Waals surface area contributed by atoms with Crippen molar-refractivity contribution in [3.05, 3.63) is 88.9 Å². The lowest BCUT2D eigenvalue weighted by molar-refractivity contribution is 0.0946. The Labute approximate surface area is 177 Å². The lowest BCUT2D eigenvalue weighted by Crippen LogP contribution is -2.32. The maximum atomic E-state index is 13.0. The molecule has 1 saturated carbocycles. The monoisotopic (exact) mass is 415 g/mol. The second-order valence-corrected chi connectivity index (χ2v) is 7.42. The maximum Gasteiger partial charge on any atom is 0.350 e. The van der Waals surface area contributed by atoms with E-state index in [4.69, 9.17) is 0 Å². The molecule has 0 atom stereocenters. The Hall–Kier alpha value is -4.01. The molecule has 0 spiro atoms. The Morgan fingerprint density at radius 2 is 1.65 bits per heavy atom. The topological polar surface area (TPSA) is 99.6 Å². The Balaban J connectivity index is 1.27. The van der Waals surface area contributed by atoms with Gasteiger partial charge in [0.25, 0.3) is 5.91 Å². The summed E-state index contributed by atoms with van der Waals surface area (Å²) in [6, 6.07) is 18.9. The molecule has 0 bridgehead atoms. The summed E-state index contributed by atoms with van der Waals surface area (Å²) in [6.45, 7) is 0.532. The molecule has 5 rings (SSSR count). The van der Waals surface area contributed by atoms with Gasteiger partial charge in [0.15, 0.2) is 5.69 Å². The molecular weight excluding hydrogens is 394 g/mol. The lowest BCUT2D eigenvalue weighted by Gasteiger charge is -2.03. The minimum absolute atomic E-state index is 0.197. The molecule has 0 unspecified atom stereocenters. The van der Waals surface area contributed by atoms with Gasteiger partial charge in [-0.2, -0.15) is 15.0 Å². The van der Waals surface area contributed by atoms with Crippen molar-refractivity contribution in [1.29, 1.82) is 0 Å². The summed E-state index contributed by atoms with van der Waals surface area (Å²) < 4.78 is 3.09. The van der Waals surface area contributed by atoms with Crippen molar-refractivity contribution in [1.82, 2.24) is 34.7 Å². The molecule has 2 aromatic heterocycles. The van der Waals surface area contributed by atoms with Gasteiger partial charge in [-0.3, -0.25) is 4.79 Å². The van der Waals surface area contributed by atoms with Gasteiger partial charge in [0.05, 0.1) is 24.1 Å². The van der Waals surface area contributed by atoms with Gasteiger partial charge in [0.2, 0.25) is 0 Å². The second kappa shape index (κ2) is 8.02. The number of hydrogen-bond donors (Lipinski definition) is 1. The van der Waals surface area contributed by atoms with E-state index in [9.17, 15) is 9.59 Å². The zero-order valence-electron chi connectivity index (χ0n) is 16.8. The van der Waals surface area contributed by atoms with Crippen molar-refractivity contribution in [3.63, 3.8) is 0 Å². The molecular formula is C22H21N7O2. The van der Waals surface area contributed by atoms with Gasteiger partial charge in [-0.05, 0) is 37.1 Å². The van der Waals surface area contributed by atoms with Crippen molar-refractivity contribution in [3.8, 4) is 11.4 Å². The van der Waals surface area contributed by atoms with Crippen LogP contribution >= 0.6 is 0 Å². The highest BCUT2D eigenvalue weighted by atomic mass is 16.2. The first kappa shape index (κ1) is 19.0. The summed E-state index contributed by atoms with van der Waals surface area (Å²) in [5.41, 5.74) is 1.59. The van der Waals surface area contributed by atoms with E-state index < -0.39 is 0 Å². The number of rotatable bonds is 7. The molecule has 1 N–H and O–H groups in total.